The third-order valence-corrected chi connectivity index (χ3v) is 3.21. The van der Waals surface area contributed by atoms with Crippen molar-refractivity contribution in [3.63, 3.8) is 0 Å². The Labute approximate surface area is 131 Å². The Morgan fingerprint density at radius 1 is 1.22 bits per heavy atom. The van der Waals surface area contributed by atoms with Gasteiger partial charge < -0.3 is 4.74 Å². The minimum atomic E-state index is -4.54. The van der Waals surface area contributed by atoms with Gasteiger partial charge in [0.25, 0.3) is 5.56 Å². The van der Waals surface area contributed by atoms with E-state index < -0.39 is 17.3 Å². The van der Waals surface area contributed by atoms with E-state index in [2.05, 4.69) is 10.2 Å². The van der Waals surface area contributed by atoms with E-state index >= 15 is 0 Å². The van der Waals surface area contributed by atoms with Gasteiger partial charge in [-0.1, -0.05) is 13.8 Å². The van der Waals surface area contributed by atoms with Crippen molar-refractivity contribution in [3.05, 3.63) is 46.2 Å². The van der Waals surface area contributed by atoms with Crippen LogP contribution in [-0.4, -0.2) is 16.8 Å². The first-order valence-corrected chi connectivity index (χ1v) is 7.17. The molecule has 1 aromatic carbocycles. The number of ether oxygens (including phenoxy) is 1. The van der Waals surface area contributed by atoms with Gasteiger partial charge in [0.15, 0.2) is 0 Å². The molecule has 0 radical (unpaired) electrons. The SMILES string of the molecule is CC(C)CCOc1ccc(-c2ccc(=O)[nH]n2)cc1C(F)(F)F. The van der Waals surface area contributed by atoms with Gasteiger partial charge in [-0.2, -0.15) is 18.3 Å². The molecule has 1 N–H and O–H groups in total. The van der Waals surface area contributed by atoms with Crippen molar-refractivity contribution in [1.82, 2.24) is 10.2 Å². The quantitative estimate of drug-likeness (QED) is 0.907. The molecule has 1 heterocycles. The van der Waals surface area contributed by atoms with Crippen molar-refractivity contribution < 1.29 is 17.9 Å². The molecule has 0 aliphatic rings. The number of aromatic amines is 1. The molecule has 0 bridgehead atoms. The van der Waals surface area contributed by atoms with Gasteiger partial charge in [0.2, 0.25) is 0 Å². The Morgan fingerprint density at radius 3 is 2.52 bits per heavy atom. The Morgan fingerprint density at radius 2 is 1.96 bits per heavy atom. The van der Waals surface area contributed by atoms with Crippen molar-refractivity contribution in [2.75, 3.05) is 6.61 Å². The van der Waals surface area contributed by atoms with E-state index in [-0.39, 0.29) is 23.6 Å². The van der Waals surface area contributed by atoms with Crippen LogP contribution >= 0.6 is 0 Å². The molecule has 0 atom stereocenters. The van der Waals surface area contributed by atoms with Gasteiger partial charge in [0.1, 0.15) is 5.75 Å². The van der Waals surface area contributed by atoms with E-state index in [0.29, 0.717) is 12.3 Å². The number of nitrogens with one attached hydrogen (secondary N) is 1. The summed E-state index contributed by atoms with van der Waals surface area (Å²) in [6, 6.07) is 6.33. The minimum absolute atomic E-state index is 0.202. The molecule has 0 fully saturated rings. The summed E-state index contributed by atoms with van der Waals surface area (Å²) in [7, 11) is 0. The molecule has 0 aliphatic carbocycles. The molecule has 1 aromatic heterocycles. The standard InChI is InChI=1S/C16H17F3N2O2/c1-10(2)7-8-23-14-5-3-11(9-12(14)16(17,18)19)13-4-6-15(22)21-20-13/h3-6,9-10H,7-8H2,1-2H3,(H,21,22). The summed E-state index contributed by atoms with van der Waals surface area (Å²) in [6.45, 7) is 4.16. The summed E-state index contributed by atoms with van der Waals surface area (Å²) in [6.07, 6.45) is -3.87. The summed E-state index contributed by atoms with van der Waals surface area (Å²) < 4.78 is 45.0. The van der Waals surface area contributed by atoms with Crippen LogP contribution in [0, 0.1) is 5.92 Å². The molecule has 0 saturated carbocycles. The summed E-state index contributed by atoms with van der Waals surface area (Å²) in [5.41, 5.74) is -0.765. The molecule has 7 heteroatoms. The molecule has 0 aliphatic heterocycles. The number of hydrogen-bond acceptors (Lipinski definition) is 3. The normalized spacial score (nSPS) is 11.7. The maximum absolute atomic E-state index is 13.2. The highest BCUT2D eigenvalue weighted by atomic mass is 19.4. The Bertz CT molecular complexity index is 704. The third-order valence-electron chi connectivity index (χ3n) is 3.21. The van der Waals surface area contributed by atoms with E-state index in [1.54, 1.807) is 0 Å². The summed E-state index contributed by atoms with van der Waals surface area (Å²) in [5.74, 6) is 0.139. The second-order valence-corrected chi connectivity index (χ2v) is 5.55. The van der Waals surface area contributed by atoms with Crippen LogP contribution in [-0.2, 0) is 6.18 Å². The van der Waals surface area contributed by atoms with Crippen LogP contribution in [0.4, 0.5) is 13.2 Å². The van der Waals surface area contributed by atoms with Crippen molar-refractivity contribution >= 4 is 0 Å². The zero-order chi connectivity index (χ0) is 17.0. The molecule has 0 amide bonds. The fraction of sp³-hybridized carbons (Fsp3) is 0.375. The zero-order valence-corrected chi connectivity index (χ0v) is 12.8. The van der Waals surface area contributed by atoms with Crippen molar-refractivity contribution in [2.24, 2.45) is 5.92 Å². The topological polar surface area (TPSA) is 55.0 Å². The van der Waals surface area contributed by atoms with Gasteiger partial charge in [0.05, 0.1) is 17.9 Å². The van der Waals surface area contributed by atoms with E-state index in [1.165, 1.54) is 24.3 Å². The summed E-state index contributed by atoms with van der Waals surface area (Å²) in [5, 5.41) is 5.94. The van der Waals surface area contributed by atoms with Crippen LogP contribution in [0.2, 0.25) is 0 Å². The second-order valence-electron chi connectivity index (χ2n) is 5.55. The lowest BCUT2D eigenvalue weighted by Gasteiger charge is -2.16. The lowest BCUT2D eigenvalue weighted by atomic mass is 10.1. The van der Waals surface area contributed by atoms with E-state index in [4.69, 9.17) is 4.74 Å². The van der Waals surface area contributed by atoms with Gasteiger partial charge in [-0.05, 0) is 36.6 Å². The fourth-order valence-electron chi connectivity index (χ4n) is 1.95. The van der Waals surface area contributed by atoms with E-state index in [0.717, 1.165) is 6.07 Å². The number of H-pyrrole nitrogens is 1. The van der Waals surface area contributed by atoms with Gasteiger partial charge in [-0.15, -0.1) is 0 Å². The Hall–Kier alpha value is -2.31. The minimum Gasteiger partial charge on any atom is -0.493 e. The predicted octanol–water partition coefficient (Wildman–Crippen LogP) is 3.88. The highest BCUT2D eigenvalue weighted by Gasteiger charge is 2.34. The molecular weight excluding hydrogens is 309 g/mol. The third kappa shape index (κ3) is 4.58. The first-order chi connectivity index (χ1) is 10.8. The van der Waals surface area contributed by atoms with Crippen molar-refractivity contribution in [2.45, 2.75) is 26.4 Å². The van der Waals surface area contributed by atoms with Gasteiger partial charge in [-0.3, -0.25) is 4.79 Å². The van der Waals surface area contributed by atoms with Crippen LogP contribution < -0.4 is 10.3 Å². The zero-order valence-electron chi connectivity index (χ0n) is 12.8. The molecule has 2 rings (SSSR count). The largest absolute Gasteiger partial charge is 0.493 e. The van der Waals surface area contributed by atoms with Gasteiger partial charge in [0, 0.05) is 11.6 Å². The predicted molar refractivity (Wildman–Crippen MR) is 80.2 cm³/mol. The maximum atomic E-state index is 13.2. The van der Waals surface area contributed by atoms with Crippen LogP contribution in [0.15, 0.2) is 35.1 Å². The molecule has 0 spiro atoms. The highest BCUT2D eigenvalue weighted by molar-refractivity contribution is 5.62. The van der Waals surface area contributed by atoms with Crippen LogP contribution in [0.1, 0.15) is 25.8 Å². The van der Waals surface area contributed by atoms with Crippen molar-refractivity contribution in [1.29, 1.82) is 0 Å². The molecule has 4 nitrogen and oxygen atoms in total. The van der Waals surface area contributed by atoms with Crippen LogP contribution in [0.3, 0.4) is 0 Å². The fourth-order valence-corrected chi connectivity index (χ4v) is 1.95. The number of nitrogens with zero attached hydrogens (tertiary/aromatic N) is 1. The molecule has 0 unspecified atom stereocenters. The Kier molecular flexibility index (Phi) is 5.08. The van der Waals surface area contributed by atoms with Crippen LogP contribution in [0.25, 0.3) is 11.3 Å². The molecule has 124 valence electrons. The lowest BCUT2D eigenvalue weighted by molar-refractivity contribution is -0.138. The Balaban J connectivity index is 2.34. The number of alkyl halides is 3. The average molecular weight is 326 g/mol. The molecule has 23 heavy (non-hydrogen) atoms. The van der Waals surface area contributed by atoms with E-state index in [1.807, 2.05) is 13.8 Å². The second kappa shape index (κ2) is 6.85. The first kappa shape index (κ1) is 17.1. The molecule has 2 aromatic rings. The number of aromatic nitrogens is 2. The molecular formula is C16H17F3N2O2. The summed E-state index contributed by atoms with van der Waals surface area (Å²) in [4.78, 5) is 11.0. The van der Waals surface area contributed by atoms with Crippen LogP contribution in [0.5, 0.6) is 5.75 Å². The average Bonchev–Trinajstić information content (AvgIpc) is 2.47. The number of benzene rings is 1. The number of rotatable bonds is 5. The van der Waals surface area contributed by atoms with Gasteiger partial charge >= 0.3 is 6.18 Å². The van der Waals surface area contributed by atoms with Gasteiger partial charge in [-0.25, -0.2) is 5.10 Å². The smallest absolute Gasteiger partial charge is 0.419 e. The van der Waals surface area contributed by atoms with E-state index in [9.17, 15) is 18.0 Å². The first-order valence-electron chi connectivity index (χ1n) is 7.17. The maximum Gasteiger partial charge on any atom is 0.419 e. The van der Waals surface area contributed by atoms with Crippen molar-refractivity contribution in [3.8, 4) is 17.0 Å². The monoisotopic (exact) mass is 326 g/mol. The lowest BCUT2D eigenvalue weighted by Crippen LogP contribution is -2.11. The molecule has 0 saturated heterocycles. The number of halogens is 3. The number of hydrogen-bond donors (Lipinski definition) is 1. The summed E-state index contributed by atoms with van der Waals surface area (Å²) >= 11 is 0. The highest BCUT2D eigenvalue weighted by Crippen LogP contribution is 2.38.